The van der Waals surface area contributed by atoms with Gasteiger partial charge >= 0.3 is 0 Å². The minimum absolute atomic E-state index is 0.0282. The molecule has 1 unspecified atom stereocenters. The van der Waals surface area contributed by atoms with Crippen molar-refractivity contribution in [3.63, 3.8) is 0 Å². The van der Waals surface area contributed by atoms with E-state index < -0.39 is 0 Å². The minimum atomic E-state index is -0.0725. The zero-order valence-corrected chi connectivity index (χ0v) is 13.5. The number of nitrogens with one attached hydrogen (secondary N) is 1. The van der Waals surface area contributed by atoms with Gasteiger partial charge in [-0.2, -0.15) is 0 Å². The number of benzene rings is 2. The van der Waals surface area contributed by atoms with E-state index in [1.165, 1.54) is 0 Å². The van der Waals surface area contributed by atoms with Gasteiger partial charge in [0.1, 0.15) is 0 Å². The Morgan fingerprint density at radius 3 is 2.37 bits per heavy atom. The van der Waals surface area contributed by atoms with E-state index in [2.05, 4.69) is 37.2 Å². The maximum atomic E-state index is 12.1. The highest BCUT2D eigenvalue weighted by atomic mass is 79.9. The van der Waals surface area contributed by atoms with Crippen molar-refractivity contribution < 1.29 is 4.79 Å². The smallest absolute Gasteiger partial charge is 0.251 e. The summed E-state index contributed by atoms with van der Waals surface area (Å²) in [5.74, 6) is -0.0725. The molecule has 1 amide bonds. The molecule has 0 bridgehead atoms. The number of hydrogen-bond acceptors (Lipinski definition) is 1. The zero-order chi connectivity index (χ0) is 13.8. The number of rotatable bonds is 3. The Balaban J connectivity index is 2.08. The highest BCUT2D eigenvalue weighted by molar-refractivity contribution is 9.10. The lowest BCUT2D eigenvalue weighted by Crippen LogP contribution is -2.26. The van der Waals surface area contributed by atoms with E-state index >= 15 is 0 Å². The van der Waals surface area contributed by atoms with E-state index in [-0.39, 0.29) is 11.9 Å². The van der Waals surface area contributed by atoms with Crippen LogP contribution in [0, 0.1) is 0 Å². The summed E-state index contributed by atoms with van der Waals surface area (Å²) in [6, 6.07) is 15.3. The van der Waals surface area contributed by atoms with Crippen LogP contribution in [0.1, 0.15) is 28.9 Å². The molecule has 2 aromatic rings. The Labute approximate surface area is 129 Å². The lowest BCUT2D eigenvalue weighted by atomic mass is 10.1. The van der Waals surface area contributed by atoms with Crippen molar-refractivity contribution in [1.29, 1.82) is 0 Å². The lowest BCUT2D eigenvalue weighted by molar-refractivity contribution is 0.0940. The first-order chi connectivity index (χ1) is 9.06. The molecule has 0 aromatic heterocycles. The summed E-state index contributed by atoms with van der Waals surface area (Å²) in [4.78, 5) is 12.1. The van der Waals surface area contributed by atoms with Gasteiger partial charge in [-0.05, 0) is 42.8 Å². The second-order valence-electron chi connectivity index (χ2n) is 4.26. The molecule has 19 heavy (non-hydrogen) atoms. The molecule has 0 spiro atoms. The third-order valence-corrected chi connectivity index (χ3v) is 3.83. The van der Waals surface area contributed by atoms with Crippen molar-refractivity contribution in [2.24, 2.45) is 0 Å². The average Bonchev–Trinajstić information content (AvgIpc) is 2.39. The normalized spacial score (nSPS) is 11.9. The quantitative estimate of drug-likeness (QED) is 0.818. The summed E-state index contributed by atoms with van der Waals surface area (Å²) in [6.45, 7) is 1.97. The topological polar surface area (TPSA) is 29.1 Å². The fourth-order valence-electron chi connectivity index (χ4n) is 1.74. The van der Waals surface area contributed by atoms with Gasteiger partial charge in [-0.25, -0.2) is 0 Å². The van der Waals surface area contributed by atoms with E-state index in [0.717, 1.165) is 14.5 Å². The fourth-order valence-corrected chi connectivity index (χ4v) is 2.41. The highest BCUT2D eigenvalue weighted by Crippen LogP contribution is 2.17. The molecule has 0 saturated heterocycles. The van der Waals surface area contributed by atoms with E-state index in [0.29, 0.717) is 5.56 Å². The zero-order valence-electron chi connectivity index (χ0n) is 10.4. The van der Waals surface area contributed by atoms with Crippen LogP contribution in [0.15, 0.2) is 57.5 Å². The molecule has 0 aliphatic heterocycles. The average molecular weight is 383 g/mol. The van der Waals surface area contributed by atoms with Gasteiger partial charge in [-0.3, -0.25) is 4.79 Å². The van der Waals surface area contributed by atoms with Gasteiger partial charge in [0.25, 0.3) is 5.91 Å². The van der Waals surface area contributed by atoms with Crippen LogP contribution in [0.25, 0.3) is 0 Å². The summed E-state index contributed by atoms with van der Waals surface area (Å²) < 4.78 is 1.93. The van der Waals surface area contributed by atoms with E-state index in [4.69, 9.17) is 0 Å². The van der Waals surface area contributed by atoms with Crippen LogP contribution in [0.2, 0.25) is 0 Å². The highest BCUT2D eigenvalue weighted by Gasteiger charge is 2.11. The first-order valence-electron chi connectivity index (χ1n) is 5.88. The molecule has 98 valence electrons. The molecule has 0 radical (unpaired) electrons. The van der Waals surface area contributed by atoms with Crippen molar-refractivity contribution >= 4 is 37.8 Å². The van der Waals surface area contributed by atoms with Crippen molar-refractivity contribution in [3.8, 4) is 0 Å². The molecule has 0 heterocycles. The van der Waals surface area contributed by atoms with Gasteiger partial charge in [-0.15, -0.1) is 0 Å². The van der Waals surface area contributed by atoms with Crippen molar-refractivity contribution in [2.75, 3.05) is 0 Å². The molecule has 0 aliphatic rings. The maximum absolute atomic E-state index is 12.1. The summed E-state index contributed by atoms with van der Waals surface area (Å²) in [7, 11) is 0. The largest absolute Gasteiger partial charge is 0.346 e. The number of amides is 1. The molecule has 1 atom stereocenters. The Kier molecular flexibility index (Phi) is 4.77. The van der Waals surface area contributed by atoms with Crippen molar-refractivity contribution in [2.45, 2.75) is 13.0 Å². The minimum Gasteiger partial charge on any atom is -0.346 e. The van der Waals surface area contributed by atoms with Crippen LogP contribution in [0.3, 0.4) is 0 Å². The maximum Gasteiger partial charge on any atom is 0.251 e. The Morgan fingerprint density at radius 1 is 1.05 bits per heavy atom. The SMILES string of the molecule is CC(NC(=O)c1cccc(Br)c1)c1ccc(Br)cc1. The molecular weight excluding hydrogens is 370 g/mol. The van der Waals surface area contributed by atoms with Crippen LogP contribution in [0.5, 0.6) is 0 Å². The Bertz CT molecular complexity index is 581. The second-order valence-corrected chi connectivity index (χ2v) is 6.09. The molecule has 0 fully saturated rings. The molecule has 0 saturated carbocycles. The van der Waals surface area contributed by atoms with Gasteiger partial charge < -0.3 is 5.32 Å². The number of hydrogen-bond donors (Lipinski definition) is 1. The first kappa shape index (κ1) is 14.3. The third kappa shape index (κ3) is 3.91. The molecular formula is C15H13Br2NO. The fraction of sp³-hybridized carbons (Fsp3) is 0.133. The van der Waals surface area contributed by atoms with E-state index in [1.807, 2.05) is 49.4 Å². The van der Waals surface area contributed by atoms with Gasteiger partial charge in [0.2, 0.25) is 0 Å². The van der Waals surface area contributed by atoms with Crippen LogP contribution in [0.4, 0.5) is 0 Å². The Morgan fingerprint density at radius 2 is 1.74 bits per heavy atom. The molecule has 2 nitrogen and oxygen atoms in total. The van der Waals surface area contributed by atoms with Gasteiger partial charge in [0.15, 0.2) is 0 Å². The van der Waals surface area contributed by atoms with Gasteiger partial charge in [-0.1, -0.05) is 50.1 Å². The van der Waals surface area contributed by atoms with Crippen molar-refractivity contribution in [1.82, 2.24) is 5.32 Å². The number of carbonyl (C=O) groups excluding carboxylic acids is 1. The van der Waals surface area contributed by atoms with E-state index in [1.54, 1.807) is 6.07 Å². The molecule has 1 N–H and O–H groups in total. The predicted molar refractivity (Wildman–Crippen MR) is 84.2 cm³/mol. The van der Waals surface area contributed by atoms with Crippen LogP contribution >= 0.6 is 31.9 Å². The summed E-state index contributed by atoms with van der Waals surface area (Å²) >= 11 is 6.76. The van der Waals surface area contributed by atoms with Crippen LogP contribution in [-0.4, -0.2) is 5.91 Å². The monoisotopic (exact) mass is 381 g/mol. The molecule has 4 heteroatoms. The summed E-state index contributed by atoms with van der Waals surface area (Å²) in [5.41, 5.74) is 1.73. The van der Waals surface area contributed by atoms with Gasteiger partial charge in [0, 0.05) is 14.5 Å². The van der Waals surface area contributed by atoms with Crippen molar-refractivity contribution in [3.05, 3.63) is 68.6 Å². The predicted octanol–water partition coefficient (Wildman–Crippen LogP) is 4.70. The third-order valence-electron chi connectivity index (χ3n) is 2.80. The van der Waals surface area contributed by atoms with Gasteiger partial charge in [0.05, 0.1) is 6.04 Å². The molecule has 0 aliphatic carbocycles. The summed E-state index contributed by atoms with van der Waals surface area (Å²) in [5, 5.41) is 2.98. The molecule has 2 aromatic carbocycles. The van der Waals surface area contributed by atoms with Crippen LogP contribution < -0.4 is 5.32 Å². The van der Waals surface area contributed by atoms with E-state index in [9.17, 15) is 4.79 Å². The number of carbonyl (C=O) groups is 1. The molecule has 2 rings (SSSR count). The Hall–Kier alpha value is -1.13. The summed E-state index contributed by atoms with van der Waals surface area (Å²) in [6.07, 6.45) is 0. The lowest BCUT2D eigenvalue weighted by Gasteiger charge is -2.14. The second kappa shape index (κ2) is 6.35. The number of halogens is 2. The first-order valence-corrected chi connectivity index (χ1v) is 7.47. The standard InChI is InChI=1S/C15H13Br2NO/c1-10(11-5-7-13(16)8-6-11)18-15(19)12-3-2-4-14(17)9-12/h2-10H,1H3,(H,18,19). The van der Waals surface area contributed by atoms with Crippen LogP contribution in [-0.2, 0) is 0 Å².